The van der Waals surface area contributed by atoms with Gasteiger partial charge in [-0.2, -0.15) is 0 Å². The highest BCUT2D eigenvalue weighted by Crippen LogP contribution is 2.28. The summed E-state index contributed by atoms with van der Waals surface area (Å²) in [4.78, 5) is 34.6. The number of hydrogen-bond acceptors (Lipinski definition) is 6. The van der Waals surface area contributed by atoms with Gasteiger partial charge in [-0.1, -0.05) is 6.07 Å². The van der Waals surface area contributed by atoms with Crippen LogP contribution in [0.5, 0.6) is 11.5 Å². The summed E-state index contributed by atoms with van der Waals surface area (Å²) >= 11 is 0. The van der Waals surface area contributed by atoms with Crippen LogP contribution in [0.15, 0.2) is 57.7 Å². The third-order valence-corrected chi connectivity index (χ3v) is 3.37. The Morgan fingerprint density at radius 2 is 1.60 bits per heavy atom. The van der Waals surface area contributed by atoms with Crippen LogP contribution >= 0.6 is 0 Å². The molecule has 0 spiro atoms. The molecule has 0 fully saturated rings. The number of carbonyl (C=O) groups excluding carboxylic acids is 2. The Labute approximate surface area is 142 Å². The van der Waals surface area contributed by atoms with Crippen molar-refractivity contribution in [2.24, 2.45) is 0 Å². The summed E-state index contributed by atoms with van der Waals surface area (Å²) in [5.41, 5.74) is 0.635. The fourth-order valence-corrected chi connectivity index (χ4v) is 2.41. The quantitative estimate of drug-likeness (QED) is 0.538. The van der Waals surface area contributed by atoms with Crippen molar-refractivity contribution in [2.75, 3.05) is 0 Å². The topological polar surface area (TPSA) is 82.8 Å². The van der Waals surface area contributed by atoms with E-state index in [1.165, 1.54) is 26.0 Å². The first-order valence-electron chi connectivity index (χ1n) is 7.48. The van der Waals surface area contributed by atoms with E-state index in [0.29, 0.717) is 22.7 Å². The summed E-state index contributed by atoms with van der Waals surface area (Å²) in [5, 5.41) is 0.206. The van der Waals surface area contributed by atoms with Gasteiger partial charge in [0.1, 0.15) is 28.2 Å². The molecular weight excluding hydrogens is 324 g/mol. The molecule has 0 saturated carbocycles. The highest BCUT2D eigenvalue weighted by Gasteiger charge is 2.13. The molecule has 0 aliphatic carbocycles. The van der Waals surface area contributed by atoms with Gasteiger partial charge < -0.3 is 13.9 Å². The van der Waals surface area contributed by atoms with Crippen LogP contribution in [0.4, 0.5) is 0 Å². The van der Waals surface area contributed by atoms with Crippen molar-refractivity contribution in [3.63, 3.8) is 0 Å². The van der Waals surface area contributed by atoms with Crippen molar-refractivity contribution in [1.29, 1.82) is 0 Å². The molecule has 0 amide bonds. The number of carbonyl (C=O) groups is 2. The van der Waals surface area contributed by atoms with E-state index in [4.69, 9.17) is 13.9 Å². The average molecular weight is 338 g/mol. The maximum absolute atomic E-state index is 12.5. The van der Waals surface area contributed by atoms with E-state index in [0.717, 1.165) is 0 Å². The maximum Gasteiger partial charge on any atom is 0.308 e. The van der Waals surface area contributed by atoms with Gasteiger partial charge in [-0.05, 0) is 36.4 Å². The van der Waals surface area contributed by atoms with E-state index in [1.807, 2.05) is 0 Å². The summed E-state index contributed by atoms with van der Waals surface area (Å²) in [6, 6.07) is 12.7. The molecule has 0 aliphatic rings. The molecule has 2 aromatic carbocycles. The van der Waals surface area contributed by atoms with E-state index in [1.54, 1.807) is 36.4 Å². The van der Waals surface area contributed by atoms with E-state index in [-0.39, 0.29) is 16.6 Å². The lowest BCUT2D eigenvalue weighted by atomic mass is 10.1. The number of esters is 2. The third-order valence-electron chi connectivity index (χ3n) is 3.37. The van der Waals surface area contributed by atoms with Crippen LogP contribution in [0.3, 0.4) is 0 Å². The molecule has 6 nitrogen and oxygen atoms in total. The monoisotopic (exact) mass is 338 g/mol. The van der Waals surface area contributed by atoms with E-state index in [2.05, 4.69) is 0 Å². The Hall–Kier alpha value is -3.41. The van der Waals surface area contributed by atoms with Crippen molar-refractivity contribution in [2.45, 2.75) is 13.8 Å². The van der Waals surface area contributed by atoms with E-state index < -0.39 is 11.9 Å². The lowest BCUT2D eigenvalue weighted by Gasteiger charge is -2.07. The lowest BCUT2D eigenvalue weighted by molar-refractivity contribution is -0.132. The van der Waals surface area contributed by atoms with Crippen molar-refractivity contribution < 1.29 is 23.5 Å². The summed E-state index contributed by atoms with van der Waals surface area (Å²) in [6.07, 6.45) is 0. The number of fused-ring (bicyclic) bond motifs is 1. The zero-order valence-corrected chi connectivity index (χ0v) is 13.6. The second kappa shape index (κ2) is 6.60. The Bertz CT molecular complexity index is 1010. The van der Waals surface area contributed by atoms with Gasteiger partial charge in [0.05, 0.1) is 0 Å². The molecule has 6 heteroatoms. The SMILES string of the molecule is CC(=O)Oc1ccc(-c2cc(=O)c3c(OC(C)=O)cccc3o2)cc1. The van der Waals surface area contributed by atoms with Gasteiger partial charge in [0.25, 0.3) is 0 Å². The van der Waals surface area contributed by atoms with Crippen LogP contribution in [0.2, 0.25) is 0 Å². The van der Waals surface area contributed by atoms with Gasteiger partial charge in [0.2, 0.25) is 0 Å². The Kier molecular flexibility index (Phi) is 4.35. The van der Waals surface area contributed by atoms with Crippen LogP contribution < -0.4 is 14.9 Å². The van der Waals surface area contributed by atoms with Crippen molar-refractivity contribution in [1.82, 2.24) is 0 Å². The molecule has 0 saturated heterocycles. The predicted octanol–water partition coefficient (Wildman–Crippen LogP) is 3.31. The van der Waals surface area contributed by atoms with Crippen LogP contribution in [0, 0.1) is 0 Å². The molecule has 25 heavy (non-hydrogen) atoms. The standard InChI is InChI=1S/C19H14O6/c1-11(20)23-14-8-6-13(7-9-14)18-10-15(22)19-16(24-12(2)21)4-3-5-17(19)25-18/h3-10H,1-2H3. The second-order valence-electron chi connectivity index (χ2n) is 5.32. The van der Waals surface area contributed by atoms with E-state index >= 15 is 0 Å². The zero-order valence-electron chi connectivity index (χ0n) is 13.6. The molecule has 0 aliphatic heterocycles. The smallest absolute Gasteiger partial charge is 0.308 e. The highest BCUT2D eigenvalue weighted by atomic mass is 16.5. The summed E-state index contributed by atoms with van der Waals surface area (Å²) < 4.78 is 15.8. The summed E-state index contributed by atoms with van der Waals surface area (Å²) in [6.45, 7) is 2.58. The molecule has 126 valence electrons. The maximum atomic E-state index is 12.5. The Morgan fingerprint density at radius 3 is 2.24 bits per heavy atom. The minimum atomic E-state index is -0.517. The molecule has 3 rings (SSSR count). The molecule has 0 N–H and O–H groups in total. The highest BCUT2D eigenvalue weighted by molar-refractivity contribution is 5.87. The predicted molar refractivity (Wildman–Crippen MR) is 90.5 cm³/mol. The normalized spacial score (nSPS) is 10.5. The first-order chi connectivity index (χ1) is 11.9. The molecule has 0 atom stereocenters. The van der Waals surface area contributed by atoms with Gasteiger partial charge in [-0.15, -0.1) is 0 Å². The first-order valence-corrected chi connectivity index (χ1v) is 7.48. The van der Waals surface area contributed by atoms with Crippen LogP contribution in [-0.2, 0) is 9.59 Å². The molecule has 0 unspecified atom stereocenters. The minimum absolute atomic E-state index is 0.163. The number of rotatable bonds is 3. The zero-order chi connectivity index (χ0) is 18.0. The minimum Gasteiger partial charge on any atom is -0.456 e. The number of ether oxygens (including phenoxy) is 2. The van der Waals surface area contributed by atoms with E-state index in [9.17, 15) is 14.4 Å². The molecule has 0 bridgehead atoms. The summed E-state index contributed by atoms with van der Waals surface area (Å²) in [5.74, 6) is -0.0149. The second-order valence-corrected chi connectivity index (χ2v) is 5.32. The molecule has 3 aromatic rings. The fourth-order valence-electron chi connectivity index (χ4n) is 2.41. The Morgan fingerprint density at radius 1 is 0.920 bits per heavy atom. The van der Waals surface area contributed by atoms with Gasteiger partial charge in [-0.25, -0.2) is 0 Å². The number of hydrogen-bond donors (Lipinski definition) is 0. The van der Waals surface area contributed by atoms with Crippen LogP contribution in [0.1, 0.15) is 13.8 Å². The third kappa shape index (κ3) is 3.58. The largest absolute Gasteiger partial charge is 0.456 e. The average Bonchev–Trinajstić information content (AvgIpc) is 2.54. The Balaban J connectivity index is 2.05. The molecule has 0 radical (unpaired) electrons. The number of benzene rings is 2. The van der Waals surface area contributed by atoms with Crippen molar-refractivity contribution in [3.8, 4) is 22.8 Å². The fraction of sp³-hybridized carbons (Fsp3) is 0.105. The van der Waals surface area contributed by atoms with Gasteiger partial charge in [0, 0.05) is 25.5 Å². The molecule has 1 heterocycles. The summed E-state index contributed by atoms with van der Waals surface area (Å²) in [7, 11) is 0. The van der Waals surface area contributed by atoms with Gasteiger partial charge >= 0.3 is 11.9 Å². The van der Waals surface area contributed by atoms with Crippen molar-refractivity contribution >= 4 is 22.9 Å². The lowest BCUT2D eigenvalue weighted by Crippen LogP contribution is -2.07. The van der Waals surface area contributed by atoms with Crippen molar-refractivity contribution in [3.05, 3.63) is 58.8 Å². The first kappa shape index (κ1) is 16.4. The van der Waals surface area contributed by atoms with Crippen LogP contribution in [-0.4, -0.2) is 11.9 Å². The molecular formula is C19H14O6. The molecule has 1 aromatic heterocycles. The van der Waals surface area contributed by atoms with Crippen LogP contribution in [0.25, 0.3) is 22.3 Å². The van der Waals surface area contributed by atoms with Gasteiger partial charge in [0.15, 0.2) is 5.43 Å². The van der Waals surface area contributed by atoms with Gasteiger partial charge in [-0.3, -0.25) is 14.4 Å².